The average molecular weight is 312 g/mol. The highest BCUT2D eigenvalue weighted by molar-refractivity contribution is 7.80. The predicted octanol–water partition coefficient (Wildman–Crippen LogP) is 1.91. The van der Waals surface area contributed by atoms with Gasteiger partial charge in [-0.05, 0) is 31.2 Å². The lowest BCUT2D eigenvalue weighted by Gasteiger charge is -2.37. The number of halogens is 1. The van der Waals surface area contributed by atoms with Gasteiger partial charge in [0.1, 0.15) is 0 Å². The zero-order valence-electron chi connectivity index (χ0n) is 11.4. The standard InChI is InChI=1S/C14H18ClN3OS/c1-10(13(16)20)14(19)18-8-6-17(7-9-18)12-4-2-11(15)3-5-12/h2-5,10H,6-9H2,1H3,(H2,16,20). The second-order valence-corrected chi connectivity index (χ2v) is 5.82. The molecule has 1 heterocycles. The number of piperazine rings is 1. The Hall–Kier alpha value is -1.33. The molecule has 20 heavy (non-hydrogen) atoms. The lowest BCUT2D eigenvalue weighted by molar-refractivity contribution is -0.133. The van der Waals surface area contributed by atoms with Crippen molar-refractivity contribution in [3.05, 3.63) is 29.3 Å². The van der Waals surface area contributed by atoms with Gasteiger partial charge in [0.15, 0.2) is 0 Å². The molecular weight excluding hydrogens is 294 g/mol. The molecule has 0 bridgehead atoms. The molecule has 1 amide bonds. The van der Waals surface area contributed by atoms with Gasteiger partial charge < -0.3 is 15.5 Å². The van der Waals surface area contributed by atoms with E-state index >= 15 is 0 Å². The van der Waals surface area contributed by atoms with E-state index in [1.807, 2.05) is 29.2 Å². The molecule has 1 atom stereocenters. The summed E-state index contributed by atoms with van der Waals surface area (Å²) in [5, 5.41) is 0.729. The lowest BCUT2D eigenvalue weighted by atomic mass is 10.1. The van der Waals surface area contributed by atoms with Crippen LogP contribution >= 0.6 is 23.8 Å². The largest absolute Gasteiger partial charge is 0.393 e. The number of hydrogen-bond acceptors (Lipinski definition) is 3. The smallest absolute Gasteiger partial charge is 0.232 e. The lowest BCUT2D eigenvalue weighted by Crippen LogP contribution is -2.51. The molecule has 0 aromatic heterocycles. The molecule has 2 N–H and O–H groups in total. The highest BCUT2D eigenvalue weighted by atomic mass is 35.5. The normalized spacial score (nSPS) is 16.9. The van der Waals surface area contributed by atoms with Crippen molar-refractivity contribution in [2.75, 3.05) is 31.1 Å². The Morgan fingerprint density at radius 2 is 1.80 bits per heavy atom. The van der Waals surface area contributed by atoms with Crippen LogP contribution in [0.5, 0.6) is 0 Å². The van der Waals surface area contributed by atoms with Crippen LogP contribution < -0.4 is 10.6 Å². The molecule has 2 rings (SSSR count). The maximum Gasteiger partial charge on any atom is 0.232 e. The van der Waals surface area contributed by atoms with Gasteiger partial charge in [-0.1, -0.05) is 23.8 Å². The van der Waals surface area contributed by atoms with Crippen LogP contribution in [-0.4, -0.2) is 42.0 Å². The van der Waals surface area contributed by atoms with Gasteiger partial charge in [-0.3, -0.25) is 4.79 Å². The molecule has 0 radical (unpaired) electrons. The van der Waals surface area contributed by atoms with Crippen LogP contribution in [0.1, 0.15) is 6.92 Å². The summed E-state index contributed by atoms with van der Waals surface area (Å²) in [6.45, 7) is 4.74. The molecule has 6 heteroatoms. The van der Waals surface area contributed by atoms with Crippen molar-refractivity contribution < 1.29 is 4.79 Å². The Morgan fingerprint density at radius 1 is 1.25 bits per heavy atom. The molecule has 1 unspecified atom stereocenters. The Kier molecular flexibility index (Phi) is 4.83. The van der Waals surface area contributed by atoms with Crippen molar-refractivity contribution in [2.45, 2.75) is 6.92 Å². The summed E-state index contributed by atoms with van der Waals surface area (Å²) >= 11 is 10.8. The van der Waals surface area contributed by atoms with Crippen LogP contribution in [0.4, 0.5) is 5.69 Å². The molecule has 1 aliphatic heterocycles. The topological polar surface area (TPSA) is 49.6 Å². The van der Waals surface area contributed by atoms with E-state index in [9.17, 15) is 4.79 Å². The number of thiocarbonyl (C=S) groups is 1. The van der Waals surface area contributed by atoms with Crippen molar-refractivity contribution in [3.63, 3.8) is 0 Å². The van der Waals surface area contributed by atoms with Gasteiger partial charge in [-0.2, -0.15) is 0 Å². The number of carbonyl (C=O) groups is 1. The molecule has 1 aromatic carbocycles. The van der Waals surface area contributed by atoms with Gasteiger partial charge in [0, 0.05) is 36.9 Å². The molecule has 1 aliphatic rings. The number of nitrogens with two attached hydrogens (primary N) is 1. The van der Waals surface area contributed by atoms with E-state index in [0.29, 0.717) is 13.1 Å². The first kappa shape index (κ1) is 15.1. The van der Waals surface area contributed by atoms with E-state index in [2.05, 4.69) is 4.90 Å². The summed E-state index contributed by atoms with van der Waals surface area (Å²) in [4.78, 5) is 16.5. The third-order valence-electron chi connectivity index (χ3n) is 3.58. The SMILES string of the molecule is CC(C(=O)N1CCN(c2ccc(Cl)cc2)CC1)C(N)=S. The van der Waals surface area contributed by atoms with E-state index in [1.165, 1.54) is 0 Å². The highest BCUT2D eigenvalue weighted by Gasteiger charge is 2.26. The van der Waals surface area contributed by atoms with Gasteiger partial charge in [0.2, 0.25) is 5.91 Å². The number of benzene rings is 1. The minimum absolute atomic E-state index is 0.0215. The average Bonchev–Trinajstić information content (AvgIpc) is 2.46. The van der Waals surface area contributed by atoms with Crippen molar-refractivity contribution in [1.82, 2.24) is 4.90 Å². The highest BCUT2D eigenvalue weighted by Crippen LogP contribution is 2.20. The summed E-state index contributed by atoms with van der Waals surface area (Å²) in [5.74, 6) is -0.361. The van der Waals surface area contributed by atoms with Gasteiger partial charge in [-0.15, -0.1) is 0 Å². The van der Waals surface area contributed by atoms with Crippen molar-refractivity contribution in [3.8, 4) is 0 Å². The number of hydrogen-bond donors (Lipinski definition) is 1. The molecule has 0 saturated carbocycles. The number of rotatable bonds is 3. The van der Waals surface area contributed by atoms with Gasteiger partial charge in [0.25, 0.3) is 0 Å². The Balaban J connectivity index is 1.94. The monoisotopic (exact) mass is 311 g/mol. The summed E-state index contributed by atoms with van der Waals surface area (Å²) < 4.78 is 0. The third-order valence-corrected chi connectivity index (χ3v) is 4.19. The van der Waals surface area contributed by atoms with Gasteiger partial charge in [0.05, 0.1) is 10.9 Å². The van der Waals surface area contributed by atoms with E-state index in [1.54, 1.807) is 6.92 Å². The molecule has 4 nitrogen and oxygen atoms in total. The number of anilines is 1. The molecular formula is C14H18ClN3OS. The first-order valence-corrected chi connectivity index (χ1v) is 7.36. The predicted molar refractivity (Wildman–Crippen MR) is 86.2 cm³/mol. The van der Waals surface area contributed by atoms with Crippen molar-refractivity contribution in [1.29, 1.82) is 0 Å². The third kappa shape index (κ3) is 3.41. The summed E-state index contributed by atoms with van der Waals surface area (Å²) in [5.41, 5.74) is 6.67. The van der Waals surface area contributed by atoms with Crippen LogP contribution in [0.3, 0.4) is 0 Å². The molecule has 0 aliphatic carbocycles. The zero-order chi connectivity index (χ0) is 14.7. The molecule has 0 spiro atoms. The quantitative estimate of drug-likeness (QED) is 0.866. The first-order valence-electron chi connectivity index (χ1n) is 6.57. The number of amides is 1. The fraction of sp³-hybridized carbons (Fsp3) is 0.429. The fourth-order valence-electron chi connectivity index (χ4n) is 2.23. The van der Waals surface area contributed by atoms with Crippen LogP contribution in [0.2, 0.25) is 5.02 Å². The van der Waals surface area contributed by atoms with E-state index in [0.717, 1.165) is 23.8 Å². The van der Waals surface area contributed by atoms with E-state index < -0.39 is 0 Å². The second kappa shape index (κ2) is 6.41. The molecule has 1 saturated heterocycles. The molecule has 1 fully saturated rings. The number of carbonyl (C=O) groups excluding carboxylic acids is 1. The van der Waals surface area contributed by atoms with E-state index in [4.69, 9.17) is 29.6 Å². The van der Waals surface area contributed by atoms with Crippen LogP contribution in [0.15, 0.2) is 24.3 Å². The maximum absolute atomic E-state index is 12.1. The maximum atomic E-state index is 12.1. The second-order valence-electron chi connectivity index (χ2n) is 4.91. The molecule has 1 aromatic rings. The van der Waals surface area contributed by atoms with Gasteiger partial charge >= 0.3 is 0 Å². The van der Waals surface area contributed by atoms with Crippen molar-refractivity contribution in [2.24, 2.45) is 11.7 Å². The minimum Gasteiger partial charge on any atom is -0.393 e. The summed E-state index contributed by atoms with van der Waals surface area (Å²) in [6, 6.07) is 7.75. The Morgan fingerprint density at radius 3 is 2.30 bits per heavy atom. The molecule has 108 valence electrons. The summed E-state index contributed by atoms with van der Waals surface area (Å²) in [6.07, 6.45) is 0. The first-order chi connectivity index (χ1) is 9.49. The minimum atomic E-state index is -0.382. The Bertz CT molecular complexity index is 498. The Labute approximate surface area is 129 Å². The van der Waals surface area contributed by atoms with Gasteiger partial charge in [-0.25, -0.2) is 0 Å². The fourth-order valence-corrected chi connectivity index (χ4v) is 2.46. The summed E-state index contributed by atoms with van der Waals surface area (Å²) in [7, 11) is 0. The van der Waals surface area contributed by atoms with Crippen LogP contribution in [0, 0.1) is 5.92 Å². The number of nitrogens with zero attached hydrogens (tertiary/aromatic N) is 2. The van der Waals surface area contributed by atoms with E-state index in [-0.39, 0.29) is 16.8 Å². The van der Waals surface area contributed by atoms with Crippen LogP contribution in [0.25, 0.3) is 0 Å². The van der Waals surface area contributed by atoms with Crippen LogP contribution in [-0.2, 0) is 4.79 Å². The van der Waals surface area contributed by atoms with Crippen molar-refractivity contribution >= 4 is 40.4 Å². The zero-order valence-corrected chi connectivity index (χ0v) is 13.0.